The van der Waals surface area contributed by atoms with Crippen molar-refractivity contribution in [3.05, 3.63) is 58.7 Å². The SMILES string of the molecule is C=CCN1C(=O)C(=Cc2csc(N(C(C)=O)c3ccccc3F)n2)SC1=S. The average molecular weight is 420 g/mol. The third-order valence-electron chi connectivity index (χ3n) is 3.57. The van der Waals surface area contributed by atoms with Crippen LogP contribution in [0.25, 0.3) is 6.08 Å². The highest BCUT2D eigenvalue weighted by atomic mass is 32.2. The van der Waals surface area contributed by atoms with Crippen LogP contribution in [0.4, 0.5) is 15.2 Å². The fourth-order valence-electron chi connectivity index (χ4n) is 2.41. The Labute approximate surface area is 169 Å². The van der Waals surface area contributed by atoms with Crippen molar-refractivity contribution in [2.24, 2.45) is 0 Å². The predicted molar refractivity (Wildman–Crippen MR) is 111 cm³/mol. The lowest BCUT2D eigenvalue weighted by molar-refractivity contribution is -0.121. The van der Waals surface area contributed by atoms with Gasteiger partial charge in [0.15, 0.2) is 5.13 Å². The summed E-state index contributed by atoms with van der Waals surface area (Å²) in [5.41, 5.74) is 0.625. The molecule has 138 valence electrons. The van der Waals surface area contributed by atoms with E-state index in [-0.39, 0.29) is 17.5 Å². The van der Waals surface area contributed by atoms with Gasteiger partial charge in [0.05, 0.1) is 16.3 Å². The number of hydrogen-bond donors (Lipinski definition) is 0. The van der Waals surface area contributed by atoms with Crippen molar-refractivity contribution in [1.82, 2.24) is 9.88 Å². The summed E-state index contributed by atoms with van der Waals surface area (Å²) in [6.45, 7) is 5.30. The summed E-state index contributed by atoms with van der Waals surface area (Å²) in [4.78, 5) is 31.9. The van der Waals surface area contributed by atoms with Crippen LogP contribution in [-0.4, -0.2) is 32.6 Å². The maximum atomic E-state index is 14.1. The van der Waals surface area contributed by atoms with E-state index in [4.69, 9.17) is 12.2 Å². The van der Waals surface area contributed by atoms with Crippen LogP contribution in [0.2, 0.25) is 0 Å². The molecule has 3 rings (SSSR count). The van der Waals surface area contributed by atoms with Gasteiger partial charge in [0.1, 0.15) is 10.1 Å². The molecule has 2 heterocycles. The van der Waals surface area contributed by atoms with Gasteiger partial charge in [0.25, 0.3) is 5.91 Å². The molecule has 5 nitrogen and oxygen atoms in total. The summed E-state index contributed by atoms with van der Waals surface area (Å²) in [7, 11) is 0. The molecule has 2 amide bonds. The Balaban J connectivity index is 1.91. The van der Waals surface area contributed by atoms with Crippen LogP contribution in [-0.2, 0) is 9.59 Å². The zero-order chi connectivity index (χ0) is 19.6. The smallest absolute Gasteiger partial charge is 0.266 e. The Bertz CT molecular complexity index is 970. The van der Waals surface area contributed by atoms with Crippen LogP contribution in [0.5, 0.6) is 0 Å². The number of carbonyl (C=O) groups excluding carboxylic acids is 2. The number of nitrogens with zero attached hydrogens (tertiary/aromatic N) is 3. The number of rotatable bonds is 5. The maximum absolute atomic E-state index is 14.1. The normalized spacial score (nSPS) is 15.5. The minimum absolute atomic E-state index is 0.128. The van der Waals surface area contributed by atoms with Gasteiger partial charge in [-0.1, -0.05) is 42.2 Å². The zero-order valence-corrected chi connectivity index (χ0v) is 16.7. The molecule has 9 heteroatoms. The van der Waals surface area contributed by atoms with Gasteiger partial charge in [-0.3, -0.25) is 19.4 Å². The lowest BCUT2D eigenvalue weighted by Crippen LogP contribution is -2.27. The Morgan fingerprint density at radius 3 is 2.85 bits per heavy atom. The number of halogens is 1. The van der Waals surface area contributed by atoms with Crippen LogP contribution < -0.4 is 4.90 Å². The third kappa shape index (κ3) is 4.00. The number of hydrogen-bond acceptors (Lipinski definition) is 6. The van der Waals surface area contributed by atoms with Crippen molar-refractivity contribution in [1.29, 1.82) is 0 Å². The predicted octanol–water partition coefficient (Wildman–Crippen LogP) is 4.35. The van der Waals surface area contributed by atoms with Gasteiger partial charge in [-0.2, -0.15) is 0 Å². The van der Waals surface area contributed by atoms with Gasteiger partial charge >= 0.3 is 0 Å². The highest BCUT2D eigenvalue weighted by Gasteiger charge is 2.31. The Hall–Kier alpha value is -2.36. The van der Waals surface area contributed by atoms with E-state index in [1.165, 1.54) is 52.0 Å². The van der Waals surface area contributed by atoms with Crippen LogP contribution in [0.3, 0.4) is 0 Å². The van der Waals surface area contributed by atoms with Gasteiger partial charge in [-0.25, -0.2) is 9.37 Å². The summed E-state index contributed by atoms with van der Waals surface area (Å²) in [5, 5.41) is 2.02. The second-order valence-electron chi connectivity index (χ2n) is 5.44. The number of carbonyl (C=O) groups is 2. The fraction of sp³-hybridized carbons (Fsp3) is 0.111. The first-order valence-electron chi connectivity index (χ1n) is 7.79. The van der Waals surface area contributed by atoms with Crippen LogP contribution in [0, 0.1) is 5.82 Å². The number of aromatic nitrogens is 1. The number of para-hydroxylation sites is 1. The Kier molecular flexibility index (Phi) is 5.83. The molecule has 1 aromatic heterocycles. The van der Waals surface area contributed by atoms with E-state index in [1.807, 2.05) is 0 Å². The van der Waals surface area contributed by atoms with E-state index in [0.717, 1.165) is 0 Å². The summed E-state index contributed by atoms with van der Waals surface area (Å²) in [6, 6.07) is 5.99. The van der Waals surface area contributed by atoms with Crippen LogP contribution in [0.1, 0.15) is 12.6 Å². The molecule has 1 aliphatic rings. The minimum atomic E-state index is -0.519. The molecule has 0 atom stereocenters. The van der Waals surface area contributed by atoms with Gasteiger partial charge in [-0.15, -0.1) is 17.9 Å². The van der Waals surface area contributed by atoms with E-state index in [2.05, 4.69) is 11.6 Å². The Morgan fingerprint density at radius 1 is 1.44 bits per heavy atom. The van der Waals surface area contributed by atoms with Crippen LogP contribution >= 0.6 is 35.3 Å². The van der Waals surface area contributed by atoms with Crippen molar-refractivity contribution < 1.29 is 14.0 Å². The summed E-state index contributed by atoms with van der Waals surface area (Å²) in [6.07, 6.45) is 3.22. The molecule has 0 unspecified atom stereocenters. The van der Waals surface area contributed by atoms with Gasteiger partial charge in [-0.05, 0) is 18.2 Å². The van der Waals surface area contributed by atoms with Gasteiger partial charge in [0.2, 0.25) is 5.91 Å². The average Bonchev–Trinajstić information content (AvgIpc) is 3.17. The largest absolute Gasteiger partial charge is 0.289 e. The molecule has 0 N–H and O–H groups in total. The third-order valence-corrected chi connectivity index (χ3v) is 5.80. The molecule has 0 saturated carbocycles. The molecular formula is C18H14FN3O2S3. The topological polar surface area (TPSA) is 53.5 Å². The van der Waals surface area contributed by atoms with Crippen LogP contribution in [0.15, 0.2) is 47.2 Å². The number of thiazole rings is 1. The quantitative estimate of drug-likeness (QED) is 0.410. The van der Waals surface area contributed by atoms with Crippen molar-refractivity contribution >= 4 is 68.3 Å². The lowest BCUT2D eigenvalue weighted by atomic mass is 10.3. The molecule has 0 bridgehead atoms. The van der Waals surface area contributed by atoms with Gasteiger partial charge in [0, 0.05) is 18.8 Å². The van der Waals surface area contributed by atoms with E-state index in [0.29, 0.717) is 26.6 Å². The van der Waals surface area contributed by atoms with E-state index in [9.17, 15) is 14.0 Å². The number of anilines is 2. The fourth-order valence-corrected chi connectivity index (χ4v) is 4.50. The molecule has 2 aromatic rings. The van der Waals surface area contributed by atoms with E-state index < -0.39 is 5.82 Å². The lowest BCUT2D eigenvalue weighted by Gasteiger charge is -2.18. The first-order valence-corrected chi connectivity index (χ1v) is 9.90. The second kappa shape index (κ2) is 8.12. The molecule has 0 spiro atoms. The molecule has 27 heavy (non-hydrogen) atoms. The van der Waals surface area contributed by atoms with Crippen molar-refractivity contribution in [3.63, 3.8) is 0 Å². The monoisotopic (exact) mass is 419 g/mol. The summed E-state index contributed by atoms with van der Waals surface area (Å²) in [5.74, 6) is -1.09. The molecule has 0 aliphatic carbocycles. The molecular weight excluding hydrogens is 405 g/mol. The molecule has 1 aromatic carbocycles. The molecule has 1 aliphatic heterocycles. The summed E-state index contributed by atoms with van der Waals surface area (Å²) >= 11 is 7.57. The standard InChI is InChI=1S/C18H14FN3O2S3/c1-3-8-21-16(24)15(27-18(21)25)9-12-10-26-17(20-12)22(11(2)23)14-7-5-4-6-13(14)19/h3-7,9-10H,1,8H2,2H3. The highest BCUT2D eigenvalue weighted by Crippen LogP contribution is 2.35. The minimum Gasteiger partial charge on any atom is -0.289 e. The zero-order valence-electron chi connectivity index (χ0n) is 14.2. The molecule has 0 radical (unpaired) electrons. The second-order valence-corrected chi connectivity index (χ2v) is 7.95. The van der Waals surface area contributed by atoms with Crippen molar-refractivity contribution in [3.8, 4) is 0 Å². The summed E-state index contributed by atoms with van der Waals surface area (Å²) < 4.78 is 14.6. The number of benzene rings is 1. The van der Waals surface area contributed by atoms with E-state index >= 15 is 0 Å². The van der Waals surface area contributed by atoms with Crippen molar-refractivity contribution in [2.75, 3.05) is 11.4 Å². The van der Waals surface area contributed by atoms with Gasteiger partial charge < -0.3 is 0 Å². The molecule has 1 fully saturated rings. The first-order chi connectivity index (χ1) is 12.9. The number of thioether (sulfide) groups is 1. The van der Waals surface area contributed by atoms with Crippen molar-refractivity contribution in [2.45, 2.75) is 6.92 Å². The highest BCUT2D eigenvalue weighted by molar-refractivity contribution is 8.26. The number of thiocarbonyl (C=S) groups is 1. The maximum Gasteiger partial charge on any atom is 0.266 e. The first kappa shape index (κ1) is 19.4. The number of amides is 2. The molecule has 1 saturated heterocycles. The Morgan fingerprint density at radius 2 is 2.19 bits per heavy atom. The van der Waals surface area contributed by atoms with E-state index in [1.54, 1.807) is 29.7 Å².